The number of nitrogens with zero attached hydrogens (tertiary/aromatic N) is 2. The predicted octanol–water partition coefficient (Wildman–Crippen LogP) is 0.403. The van der Waals surface area contributed by atoms with Crippen molar-refractivity contribution in [3.8, 4) is 0 Å². The maximum atomic E-state index is 13.7. The van der Waals surface area contributed by atoms with Gasteiger partial charge in [-0.05, 0) is 12.1 Å². The largest absolute Gasteiger partial charge is 0.367 e. The van der Waals surface area contributed by atoms with E-state index in [0.29, 0.717) is 31.9 Å². The summed E-state index contributed by atoms with van der Waals surface area (Å²) in [6, 6.07) is 6.16. The van der Waals surface area contributed by atoms with Crippen molar-refractivity contribution >= 4 is 17.6 Å². The minimum Gasteiger partial charge on any atom is -0.367 e. The van der Waals surface area contributed by atoms with Gasteiger partial charge in [0.05, 0.1) is 12.2 Å². The molecule has 1 aliphatic heterocycles. The number of carbonyl (C=O) groups is 2. The van der Waals surface area contributed by atoms with Crippen molar-refractivity contribution in [3.63, 3.8) is 0 Å². The highest BCUT2D eigenvalue weighted by atomic mass is 19.1. The van der Waals surface area contributed by atoms with Crippen LogP contribution in [0.1, 0.15) is 0 Å². The summed E-state index contributed by atoms with van der Waals surface area (Å²) < 4.78 is 13.7. The Labute approximate surface area is 122 Å². The zero-order chi connectivity index (χ0) is 15.2. The Kier molecular flexibility index (Phi) is 5.10. The van der Waals surface area contributed by atoms with E-state index in [1.807, 2.05) is 15.9 Å². The lowest BCUT2D eigenvalue weighted by atomic mass is 10.2. The highest BCUT2D eigenvalue weighted by Crippen LogP contribution is 2.19. The second kappa shape index (κ2) is 7.03. The predicted molar refractivity (Wildman–Crippen MR) is 77.7 cm³/mol. The van der Waals surface area contributed by atoms with Crippen molar-refractivity contribution in [1.82, 2.24) is 15.5 Å². The van der Waals surface area contributed by atoms with Crippen molar-refractivity contribution < 1.29 is 14.0 Å². The van der Waals surface area contributed by atoms with Gasteiger partial charge in [-0.3, -0.25) is 15.0 Å². The number of hydrogen-bond donors (Lipinski definition) is 2. The number of benzene rings is 1. The maximum Gasteiger partial charge on any atom is 0.321 e. The molecule has 1 saturated heterocycles. The van der Waals surface area contributed by atoms with Crippen LogP contribution in [-0.2, 0) is 4.79 Å². The molecule has 0 atom stereocenters. The van der Waals surface area contributed by atoms with Gasteiger partial charge in [0.25, 0.3) is 0 Å². The van der Waals surface area contributed by atoms with Crippen LogP contribution in [0.25, 0.3) is 0 Å². The number of hydrogen-bond acceptors (Lipinski definition) is 4. The third kappa shape index (κ3) is 4.16. The molecule has 0 aliphatic carbocycles. The van der Waals surface area contributed by atoms with E-state index in [1.54, 1.807) is 12.1 Å². The van der Waals surface area contributed by atoms with Crippen molar-refractivity contribution in [3.05, 3.63) is 30.1 Å². The van der Waals surface area contributed by atoms with Crippen molar-refractivity contribution in [2.24, 2.45) is 0 Å². The molecule has 1 aliphatic rings. The van der Waals surface area contributed by atoms with Crippen LogP contribution in [0, 0.1) is 5.82 Å². The van der Waals surface area contributed by atoms with Crippen molar-refractivity contribution in [2.75, 3.05) is 44.7 Å². The fourth-order valence-corrected chi connectivity index (χ4v) is 2.29. The molecule has 1 fully saturated rings. The molecule has 0 aromatic heterocycles. The minimum atomic E-state index is -0.509. The Morgan fingerprint density at radius 3 is 2.48 bits per heavy atom. The molecule has 0 bridgehead atoms. The Hall–Kier alpha value is -2.15. The first-order valence-electron chi connectivity index (χ1n) is 6.83. The number of urea groups is 1. The molecule has 1 aromatic rings. The minimum absolute atomic E-state index is 0.165. The van der Waals surface area contributed by atoms with Crippen LogP contribution in [0.5, 0.6) is 0 Å². The normalized spacial score (nSPS) is 15.6. The molecule has 1 aromatic carbocycles. The van der Waals surface area contributed by atoms with Crippen LogP contribution in [0.4, 0.5) is 14.9 Å². The van der Waals surface area contributed by atoms with Crippen molar-refractivity contribution in [2.45, 2.75) is 0 Å². The van der Waals surface area contributed by atoms with Gasteiger partial charge < -0.3 is 10.2 Å². The summed E-state index contributed by atoms with van der Waals surface area (Å²) in [5.41, 5.74) is 0.590. The second-order valence-corrected chi connectivity index (χ2v) is 4.84. The van der Waals surface area contributed by atoms with Gasteiger partial charge in [0, 0.05) is 33.2 Å². The molecule has 0 spiro atoms. The first-order chi connectivity index (χ1) is 10.1. The first kappa shape index (κ1) is 15.2. The quantitative estimate of drug-likeness (QED) is 0.847. The van der Waals surface area contributed by atoms with Crippen LogP contribution in [-0.4, -0.2) is 56.6 Å². The molecule has 7 heteroatoms. The fourth-order valence-electron chi connectivity index (χ4n) is 2.29. The standard InChI is InChI=1S/C14H19FN4O2/c1-16-14(21)17-13(20)10-18-6-8-19(9-7-18)12-5-3-2-4-11(12)15/h2-5H,6-10H2,1H3,(H2,16,17,20,21). The monoisotopic (exact) mass is 294 g/mol. The lowest BCUT2D eigenvalue weighted by Gasteiger charge is -2.35. The van der Waals surface area contributed by atoms with Gasteiger partial charge in [0.1, 0.15) is 5.82 Å². The topological polar surface area (TPSA) is 64.7 Å². The molecule has 114 valence electrons. The van der Waals surface area contributed by atoms with Gasteiger partial charge in [0.15, 0.2) is 0 Å². The number of imide groups is 1. The van der Waals surface area contributed by atoms with Crippen molar-refractivity contribution in [1.29, 1.82) is 0 Å². The number of rotatable bonds is 3. The molecule has 21 heavy (non-hydrogen) atoms. The molecule has 2 rings (SSSR count). The second-order valence-electron chi connectivity index (χ2n) is 4.84. The summed E-state index contributed by atoms with van der Waals surface area (Å²) in [5.74, 6) is -0.572. The number of para-hydroxylation sites is 1. The van der Waals surface area contributed by atoms with E-state index in [-0.39, 0.29) is 18.3 Å². The van der Waals surface area contributed by atoms with E-state index in [2.05, 4.69) is 10.6 Å². The third-order valence-electron chi connectivity index (χ3n) is 3.41. The van der Waals surface area contributed by atoms with Crippen LogP contribution < -0.4 is 15.5 Å². The van der Waals surface area contributed by atoms with E-state index < -0.39 is 6.03 Å². The average Bonchev–Trinajstić information content (AvgIpc) is 2.48. The zero-order valence-electron chi connectivity index (χ0n) is 11.9. The van der Waals surface area contributed by atoms with E-state index in [4.69, 9.17) is 0 Å². The third-order valence-corrected chi connectivity index (χ3v) is 3.41. The summed E-state index contributed by atoms with van der Waals surface area (Å²) in [4.78, 5) is 26.5. The number of halogens is 1. The smallest absolute Gasteiger partial charge is 0.321 e. The number of anilines is 1. The molecule has 3 amide bonds. The van der Waals surface area contributed by atoms with E-state index >= 15 is 0 Å². The Balaban J connectivity index is 1.82. The van der Waals surface area contributed by atoms with E-state index in [0.717, 1.165) is 0 Å². The van der Waals surface area contributed by atoms with Gasteiger partial charge in [-0.25, -0.2) is 9.18 Å². The molecule has 1 heterocycles. The lowest BCUT2D eigenvalue weighted by molar-refractivity contribution is -0.121. The van der Waals surface area contributed by atoms with Crippen LogP contribution in [0.3, 0.4) is 0 Å². The summed E-state index contributed by atoms with van der Waals surface area (Å²) >= 11 is 0. The molecule has 0 unspecified atom stereocenters. The summed E-state index contributed by atoms with van der Waals surface area (Å²) in [7, 11) is 1.45. The summed E-state index contributed by atoms with van der Waals surface area (Å²) in [5, 5.41) is 4.55. The molecule has 0 radical (unpaired) electrons. The molecular weight excluding hydrogens is 275 g/mol. The Bertz CT molecular complexity index is 515. The van der Waals surface area contributed by atoms with Gasteiger partial charge in [-0.1, -0.05) is 12.1 Å². The molecule has 0 saturated carbocycles. The fraction of sp³-hybridized carbons (Fsp3) is 0.429. The highest BCUT2D eigenvalue weighted by molar-refractivity contribution is 5.95. The summed E-state index contributed by atoms with van der Waals surface area (Å²) in [6.45, 7) is 2.76. The number of piperazine rings is 1. The van der Waals surface area contributed by atoms with Gasteiger partial charge in [-0.15, -0.1) is 0 Å². The van der Waals surface area contributed by atoms with E-state index in [9.17, 15) is 14.0 Å². The van der Waals surface area contributed by atoms with Crippen LogP contribution in [0.15, 0.2) is 24.3 Å². The molecule has 2 N–H and O–H groups in total. The number of nitrogens with one attached hydrogen (secondary N) is 2. The molecule has 6 nitrogen and oxygen atoms in total. The van der Waals surface area contributed by atoms with Gasteiger partial charge >= 0.3 is 6.03 Å². The first-order valence-corrected chi connectivity index (χ1v) is 6.83. The van der Waals surface area contributed by atoms with E-state index in [1.165, 1.54) is 13.1 Å². The number of carbonyl (C=O) groups excluding carboxylic acids is 2. The highest BCUT2D eigenvalue weighted by Gasteiger charge is 2.21. The Morgan fingerprint density at radius 1 is 1.19 bits per heavy atom. The number of amides is 3. The lowest BCUT2D eigenvalue weighted by Crippen LogP contribution is -2.51. The molecular formula is C14H19FN4O2. The SMILES string of the molecule is CNC(=O)NC(=O)CN1CCN(c2ccccc2F)CC1. The average molecular weight is 294 g/mol. The zero-order valence-corrected chi connectivity index (χ0v) is 11.9. The van der Waals surface area contributed by atoms with Crippen LogP contribution >= 0.6 is 0 Å². The van der Waals surface area contributed by atoms with Crippen LogP contribution in [0.2, 0.25) is 0 Å². The Morgan fingerprint density at radius 2 is 1.86 bits per heavy atom. The maximum absolute atomic E-state index is 13.7. The van der Waals surface area contributed by atoms with Gasteiger partial charge in [-0.2, -0.15) is 0 Å². The summed E-state index contributed by atoms with van der Waals surface area (Å²) in [6.07, 6.45) is 0. The van der Waals surface area contributed by atoms with Gasteiger partial charge in [0.2, 0.25) is 5.91 Å².